The van der Waals surface area contributed by atoms with Crippen LogP contribution in [0.4, 0.5) is 0 Å². The SMILES string of the molecule is CCCCCC(=O)Oc1ccc2nc(C3=N[C@@H](C(=O)O)CS3)sc2c1. The normalized spacial score (nSPS) is 16.8. The fourth-order valence-electron chi connectivity index (χ4n) is 2.38. The predicted molar refractivity (Wildman–Crippen MR) is 99.8 cm³/mol. The Bertz CT molecular complexity index is 831. The third-order valence-electron chi connectivity index (χ3n) is 3.70. The number of hydrogen-bond acceptors (Lipinski definition) is 7. The second-order valence-corrected chi connectivity index (χ2v) is 7.72. The van der Waals surface area contributed by atoms with E-state index in [1.165, 1.54) is 23.1 Å². The van der Waals surface area contributed by atoms with Crippen LogP contribution in [0.5, 0.6) is 5.75 Å². The third kappa shape index (κ3) is 4.38. The van der Waals surface area contributed by atoms with Crippen molar-refractivity contribution in [1.82, 2.24) is 4.98 Å². The van der Waals surface area contributed by atoms with Crippen molar-refractivity contribution >= 4 is 50.3 Å². The second kappa shape index (κ2) is 7.97. The fraction of sp³-hybridized carbons (Fsp3) is 0.412. The highest BCUT2D eigenvalue weighted by Gasteiger charge is 2.26. The first-order valence-corrected chi connectivity index (χ1v) is 9.92. The molecular weight excluding hydrogens is 360 g/mol. The summed E-state index contributed by atoms with van der Waals surface area (Å²) in [5.41, 5.74) is 0.785. The molecule has 2 aromatic rings. The van der Waals surface area contributed by atoms with Crippen molar-refractivity contribution in [1.29, 1.82) is 0 Å². The van der Waals surface area contributed by atoms with Crippen LogP contribution in [0.3, 0.4) is 0 Å². The number of thioether (sulfide) groups is 1. The van der Waals surface area contributed by atoms with Crippen molar-refractivity contribution in [3.63, 3.8) is 0 Å². The Morgan fingerprint density at radius 3 is 2.92 bits per heavy atom. The minimum atomic E-state index is -0.916. The number of esters is 1. The van der Waals surface area contributed by atoms with Crippen molar-refractivity contribution in [2.24, 2.45) is 4.99 Å². The molecule has 6 nitrogen and oxygen atoms in total. The van der Waals surface area contributed by atoms with Gasteiger partial charge < -0.3 is 9.84 Å². The molecule has 2 heterocycles. The average Bonchev–Trinajstić information content (AvgIpc) is 3.21. The molecule has 1 aromatic heterocycles. The van der Waals surface area contributed by atoms with E-state index in [0.717, 1.165) is 29.5 Å². The predicted octanol–water partition coefficient (Wildman–Crippen LogP) is 3.73. The Morgan fingerprint density at radius 2 is 2.20 bits per heavy atom. The van der Waals surface area contributed by atoms with Gasteiger partial charge in [0, 0.05) is 18.2 Å². The van der Waals surface area contributed by atoms with Crippen LogP contribution in [0.15, 0.2) is 23.2 Å². The first-order chi connectivity index (χ1) is 12.1. The van der Waals surface area contributed by atoms with E-state index in [0.29, 0.717) is 28.0 Å². The van der Waals surface area contributed by atoms with E-state index in [1.807, 2.05) is 0 Å². The fourth-order valence-corrected chi connectivity index (χ4v) is 4.47. The lowest BCUT2D eigenvalue weighted by Crippen LogP contribution is -2.17. The maximum Gasteiger partial charge on any atom is 0.329 e. The quantitative estimate of drug-likeness (QED) is 0.449. The molecule has 0 bridgehead atoms. The number of benzene rings is 1. The molecule has 1 aliphatic heterocycles. The van der Waals surface area contributed by atoms with Crippen LogP contribution in [-0.2, 0) is 9.59 Å². The number of carboxylic acid groups (broad SMARTS) is 1. The minimum absolute atomic E-state index is 0.224. The van der Waals surface area contributed by atoms with Crippen LogP contribution in [0.1, 0.15) is 37.6 Å². The molecule has 1 N–H and O–H groups in total. The van der Waals surface area contributed by atoms with Gasteiger partial charge in [-0.25, -0.2) is 9.78 Å². The zero-order chi connectivity index (χ0) is 17.8. The number of unbranched alkanes of at least 4 members (excludes halogenated alkanes) is 2. The molecule has 1 atom stereocenters. The number of aliphatic imine (C=N–C) groups is 1. The Morgan fingerprint density at radius 1 is 1.36 bits per heavy atom. The highest BCUT2D eigenvalue weighted by atomic mass is 32.2. The molecule has 0 unspecified atom stereocenters. The summed E-state index contributed by atoms with van der Waals surface area (Å²) >= 11 is 2.83. The molecule has 0 amide bonds. The molecule has 1 aromatic carbocycles. The smallest absolute Gasteiger partial charge is 0.329 e. The lowest BCUT2D eigenvalue weighted by molar-refractivity contribution is -0.138. The number of ether oxygens (including phenoxy) is 1. The first kappa shape index (κ1) is 17.9. The van der Waals surface area contributed by atoms with Crippen molar-refractivity contribution in [3.8, 4) is 5.75 Å². The number of aliphatic carboxylic acids is 1. The molecule has 0 fully saturated rings. The van der Waals surface area contributed by atoms with Gasteiger partial charge in [-0.05, 0) is 18.6 Å². The number of rotatable bonds is 7. The summed E-state index contributed by atoms with van der Waals surface area (Å²) in [6.45, 7) is 2.09. The summed E-state index contributed by atoms with van der Waals surface area (Å²) in [4.78, 5) is 31.5. The van der Waals surface area contributed by atoms with Crippen molar-refractivity contribution in [2.75, 3.05) is 5.75 Å². The molecule has 8 heteroatoms. The summed E-state index contributed by atoms with van der Waals surface area (Å²) in [5.74, 6) is -0.201. The topological polar surface area (TPSA) is 88.9 Å². The average molecular weight is 378 g/mol. The monoisotopic (exact) mass is 378 g/mol. The Labute approximate surface area is 153 Å². The number of hydrogen-bond donors (Lipinski definition) is 1. The van der Waals surface area contributed by atoms with Crippen LogP contribution in [0.2, 0.25) is 0 Å². The zero-order valence-electron chi connectivity index (χ0n) is 13.7. The van der Waals surface area contributed by atoms with Gasteiger partial charge in [0.15, 0.2) is 6.04 Å². The van der Waals surface area contributed by atoms with Gasteiger partial charge in [0.05, 0.1) is 10.2 Å². The van der Waals surface area contributed by atoms with E-state index >= 15 is 0 Å². The maximum absolute atomic E-state index is 11.8. The second-order valence-electron chi connectivity index (χ2n) is 5.68. The molecule has 0 radical (unpaired) electrons. The van der Waals surface area contributed by atoms with Crippen LogP contribution in [0.25, 0.3) is 10.2 Å². The van der Waals surface area contributed by atoms with Gasteiger partial charge in [-0.2, -0.15) is 0 Å². The number of aromatic nitrogens is 1. The molecular formula is C17H18N2O4S2. The van der Waals surface area contributed by atoms with Gasteiger partial charge >= 0.3 is 11.9 Å². The summed E-state index contributed by atoms with van der Waals surface area (Å²) in [6.07, 6.45) is 3.34. The molecule has 1 aliphatic rings. The van der Waals surface area contributed by atoms with E-state index in [-0.39, 0.29) is 5.97 Å². The van der Waals surface area contributed by atoms with Crippen molar-refractivity contribution < 1.29 is 19.4 Å². The molecule has 132 valence electrons. The lowest BCUT2D eigenvalue weighted by atomic mass is 10.2. The van der Waals surface area contributed by atoms with Gasteiger partial charge in [-0.1, -0.05) is 19.8 Å². The number of thiazole rings is 1. The molecule has 25 heavy (non-hydrogen) atoms. The number of fused-ring (bicyclic) bond motifs is 1. The van der Waals surface area contributed by atoms with Gasteiger partial charge in [-0.15, -0.1) is 23.1 Å². The highest BCUT2D eigenvalue weighted by molar-refractivity contribution is 8.15. The number of carbonyl (C=O) groups is 2. The van der Waals surface area contributed by atoms with E-state index in [9.17, 15) is 9.59 Å². The Hall–Kier alpha value is -1.93. The summed E-state index contributed by atoms with van der Waals surface area (Å²) in [7, 11) is 0. The van der Waals surface area contributed by atoms with Gasteiger partial charge in [0.25, 0.3) is 0 Å². The van der Waals surface area contributed by atoms with Crippen molar-refractivity contribution in [2.45, 2.75) is 38.6 Å². The maximum atomic E-state index is 11.8. The van der Waals surface area contributed by atoms with Crippen LogP contribution in [0, 0.1) is 0 Å². The van der Waals surface area contributed by atoms with E-state index in [4.69, 9.17) is 9.84 Å². The number of nitrogens with zero attached hydrogens (tertiary/aromatic N) is 2. The molecule has 0 saturated heterocycles. The summed E-state index contributed by atoms with van der Waals surface area (Å²) in [5, 5.41) is 10.4. The number of carbonyl (C=O) groups excluding carboxylic acids is 1. The molecule has 3 rings (SSSR count). The standard InChI is InChI=1S/C17H18N2O4S2/c1-2-3-4-5-14(20)23-10-6-7-11-13(8-10)25-16(18-11)15-19-12(9-24-15)17(21)22/h6-8,12H,2-5,9H2,1H3,(H,21,22)/t12-/m1/s1. The van der Waals surface area contributed by atoms with E-state index < -0.39 is 12.0 Å². The molecule has 0 spiro atoms. The number of carboxylic acids is 1. The zero-order valence-corrected chi connectivity index (χ0v) is 15.4. The highest BCUT2D eigenvalue weighted by Crippen LogP contribution is 2.31. The Balaban J connectivity index is 1.73. The minimum Gasteiger partial charge on any atom is -0.480 e. The van der Waals surface area contributed by atoms with E-state index in [1.54, 1.807) is 18.2 Å². The molecule has 0 saturated carbocycles. The van der Waals surface area contributed by atoms with Crippen LogP contribution < -0.4 is 4.74 Å². The Kier molecular flexibility index (Phi) is 5.70. The largest absolute Gasteiger partial charge is 0.480 e. The summed E-state index contributed by atoms with van der Waals surface area (Å²) in [6, 6.07) is 4.63. The van der Waals surface area contributed by atoms with Crippen LogP contribution >= 0.6 is 23.1 Å². The third-order valence-corrected chi connectivity index (χ3v) is 5.90. The van der Waals surface area contributed by atoms with Gasteiger partial charge in [0.1, 0.15) is 15.8 Å². The first-order valence-electron chi connectivity index (χ1n) is 8.12. The van der Waals surface area contributed by atoms with Gasteiger partial charge in [0.2, 0.25) is 0 Å². The lowest BCUT2D eigenvalue weighted by Gasteiger charge is -2.03. The van der Waals surface area contributed by atoms with E-state index in [2.05, 4.69) is 16.9 Å². The summed E-state index contributed by atoms with van der Waals surface area (Å²) < 4.78 is 6.26. The van der Waals surface area contributed by atoms with Crippen molar-refractivity contribution in [3.05, 3.63) is 23.2 Å². The van der Waals surface area contributed by atoms with Crippen LogP contribution in [-0.4, -0.2) is 38.9 Å². The van der Waals surface area contributed by atoms with Gasteiger partial charge in [-0.3, -0.25) is 9.79 Å². The molecule has 0 aliphatic carbocycles.